The fourth-order valence-electron chi connectivity index (χ4n) is 2.95. The number of carbonyl (C=O) groups is 3. The van der Waals surface area contributed by atoms with E-state index in [2.05, 4.69) is 20.9 Å². The number of amides is 2. The molecule has 148 valence electrons. The molecule has 0 saturated carbocycles. The van der Waals surface area contributed by atoms with Crippen molar-refractivity contribution < 1.29 is 23.9 Å². The Morgan fingerprint density at radius 1 is 1.21 bits per heavy atom. The summed E-state index contributed by atoms with van der Waals surface area (Å²) in [4.78, 5) is 36.4. The molecule has 1 aromatic carbocycles. The molecule has 2 N–H and O–H groups in total. The second-order valence-electron chi connectivity index (χ2n) is 6.12. The SMILES string of the molecule is CCOC(=O)C1=C(COC(=O)c2ccc3c(c2)nnn3CC)NC(=O)N[C@H]1C. The van der Waals surface area contributed by atoms with Gasteiger partial charge in [0.15, 0.2) is 0 Å². The summed E-state index contributed by atoms with van der Waals surface area (Å²) in [6.07, 6.45) is 0. The van der Waals surface area contributed by atoms with Crippen molar-refractivity contribution in [3.63, 3.8) is 0 Å². The van der Waals surface area contributed by atoms with Crippen LogP contribution in [-0.4, -0.2) is 52.2 Å². The normalized spacial score (nSPS) is 16.5. The van der Waals surface area contributed by atoms with Crippen LogP contribution in [0.5, 0.6) is 0 Å². The van der Waals surface area contributed by atoms with Crippen molar-refractivity contribution in [3.8, 4) is 0 Å². The summed E-state index contributed by atoms with van der Waals surface area (Å²) >= 11 is 0. The molecule has 2 amide bonds. The number of esters is 2. The number of rotatable bonds is 6. The molecule has 3 rings (SSSR count). The lowest BCUT2D eigenvalue weighted by atomic mass is 10.0. The van der Waals surface area contributed by atoms with Crippen LogP contribution in [0.4, 0.5) is 4.79 Å². The third-order valence-corrected chi connectivity index (χ3v) is 4.26. The summed E-state index contributed by atoms with van der Waals surface area (Å²) in [7, 11) is 0. The summed E-state index contributed by atoms with van der Waals surface area (Å²) in [5.74, 6) is -1.18. The lowest BCUT2D eigenvalue weighted by molar-refractivity contribution is -0.139. The Labute approximate surface area is 160 Å². The summed E-state index contributed by atoms with van der Waals surface area (Å²) in [5.41, 5.74) is 2.09. The van der Waals surface area contributed by atoms with Crippen LogP contribution in [0.3, 0.4) is 0 Å². The monoisotopic (exact) mass is 387 g/mol. The maximum atomic E-state index is 12.4. The fraction of sp³-hybridized carbons (Fsp3) is 0.389. The first-order valence-corrected chi connectivity index (χ1v) is 8.92. The minimum atomic E-state index is -0.607. The first kappa shape index (κ1) is 19.3. The van der Waals surface area contributed by atoms with Gasteiger partial charge in [-0.25, -0.2) is 19.1 Å². The van der Waals surface area contributed by atoms with E-state index >= 15 is 0 Å². The highest BCUT2D eigenvalue weighted by Crippen LogP contribution is 2.17. The van der Waals surface area contributed by atoms with Crippen molar-refractivity contribution in [2.75, 3.05) is 13.2 Å². The molecule has 0 radical (unpaired) electrons. The second-order valence-corrected chi connectivity index (χ2v) is 6.12. The maximum Gasteiger partial charge on any atom is 0.338 e. The van der Waals surface area contributed by atoms with Gasteiger partial charge < -0.3 is 20.1 Å². The fourth-order valence-corrected chi connectivity index (χ4v) is 2.95. The van der Waals surface area contributed by atoms with Gasteiger partial charge in [-0.1, -0.05) is 5.21 Å². The summed E-state index contributed by atoms with van der Waals surface area (Å²) in [6.45, 7) is 5.86. The van der Waals surface area contributed by atoms with Crippen LogP contribution in [0.2, 0.25) is 0 Å². The van der Waals surface area contributed by atoms with E-state index < -0.39 is 24.0 Å². The number of nitrogens with one attached hydrogen (secondary N) is 2. The average Bonchev–Trinajstić information content (AvgIpc) is 3.08. The van der Waals surface area contributed by atoms with Gasteiger partial charge in [-0.15, -0.1) is 5.10 Å². The lowest BCUT2D eigenvalue weighted by Gasteiger charge is -2.26. The highest BCUT2D eigenvalue weighted by atomic mass is 16.5. The zero-order valence-electron chi connectivity index (χ0n) is 15.8. The average molecular weight is 387 g/mol. The number of benzene rings is 1. The molecule has 10 heteroatoms. The van der Waals surface area contributed by atoms with Crippen LogP contribution < -0.4 is 10.6 Å². The number of urea groups is 1. The molecule has 0 spiro atoms. The lowest BCUT2D eigenvalue weighted by Crippen LogP contribution is -2.50. The quantitative estimate of drug-likeness (QED) is 0.712. The van der Waals surface area contributed by atoms with Gasteiger partial charge in [0.1, 0.15) is 12.1 Å². The Balaban J connectivity index is 1.78. The number of hydrogen-bond acceptors (Lipinski definition) is 7. The molecule has 1 aliphatic rings. The largest absolute Gasteiger partial charge is 0.463 e. The van der Waals surface area contributed by atoms with Crippen LogP contribution in [0.25, 0.3) is 11.0 Å². The van der Waals surface area contributed by atoms with E-state index in [1.807, 2.05) is 6.92 Å². The summed E-state index contributed by atoms with van der Waals surface area (Å²) in [5, 5.41) is 13.1. The van der Waals surface area contributed by atoms with Crippen molar-refractivity contribution in [2.45, 2.75) is 33.4 Å². The van der Waals surface area contributed by atoms with Crippen LogP contribution in [0, 0.1) is 0 Å². The minimum absolute atomic E-state index is 0.189. The van der Waals surface area contributed by atoms with Crippen LogP contribution in [0.15, 0.2) is 29.5 Å². The third kappa shape index (κ3) is 3.80. The predicted octanol–water partition coefficient (Wildman–Crippen LogP) is 1.13. The standard InChI is InChI=1S/C18H21N5O5/c1-4-23-14-7-6-11(8-12(14)21-22-23)16(24)28-9-13-15(17(25)27-5-2)10(3)19-18(26)20-13/h6-8,10H,4-5,9H2,1-3H3,(H2,19,20,26)/t10-/m0/s1. The molecule has 1 aliphatic heterocycles. The third-order valence-electron chi connectivity index (χ3n) is 4.26. The van der Waals surface area contributed by atoms with E-state index in [-0.39, 0.29) is 24.5 Å². The molecule has 1 atom stereocenters. The molecule has 1 aromatic heterocycles. The first-order chi connectivity index (χ1) is 13.4. The zero-order valence-corrected chi connectivity index (χ0v) is 15.8. The van der Waals surface area contributed by atoms with E-state index in [0.29, 0.717) is 17.6 Å². The van der Waals surface area contributed by atoms with Gasteiger partial charge in [0.25, 0.3) is 0 Å². The van der Waals surface area contributed by atoms with Gasteiger partial charge in [0, 0.05) is 6.54 Å². The number of hydrogen-bond donors (Lipinski definition) is 2. The van der Waals surface area contributed by atoms with E-state index in [0.717, 1.165) is 5.52 Å². The van der Waals surface area contributed by atoms with Crippen molar-refractivity contribution in [1.29, 1.82) is 0 Å². The molecule has 0 unspecified atom stereocenters. The smallest absolute Gasteiger partial charge is 0.338 e. The number of carbonyl (C=O) groups excluding carboxylic acids is 3. The maximum absolute atomic E-state index is 12.4. The van der Waals surface area contributed by atoms with Gasteiger partial charge in [0.05, 0.1) is 35.0 Å². The molecule has 0 bridgehead atoms. The Bertz CT molecular complexity index is 964. The summed E-state index contributed by atoms with van der Waals surface area (Å²) in [6, 6.07) is 3.89. The minimum Gasteiger partial charge on any atom is -0.463 e. The molecular weight excluding hydrogens is 366 g/mol. The topological polar surface area (TPSA) is 124 Å². The van der Waals surface area contributed by atoms with Crippen molar-refractivity contribution in [1.82, 2.24) is 25.6 Å². The number of ether oxygens (including phenoxy) is 2. The van der Waals surface area contributed by atoms with E-state index in [1.165, 1.54) is 0 Å². The van der Waals surface area contributed by atoms with Gasteiger partial charge in [-0.05, 0) is 39.0 Å². The van der Waals surface area contributed by atoms with Crippen LogP contribution in [-0.2, 0) is 20.8 Å². The number of fused-ring (bicyclic) bond motifs is 1. The van der Waals surface area contributed by atoms with E-state index in [9.17, 15) is 14.4 Å². The Kier molecular flexibility index (Phi) is 5.57. The van der Waals surface area contributed by atoms with Crippen molar-refractivity contribution in [3.05, 3.63) is 35.0 Å². The highest BCUT2D eigenvalue weighted by Gasteiger charge is 2.30. The number of aryl methyl sites for hydroxylation is 1. The van der Waals surface area contributed by atoms with E-state index in [1.54, 1.807) is 36.7 Å². The van der Waals surface area contributed by atoms with Gasteiger partial charge in [-0.2, -0.15) is 0 Å². The molecule has 0 fully saturated rings. The highest BCUT2D eigenvalue weighted by molar-refractivity contribution is 5.96. The van der Waals surface area contributed by atoms with Gasteiger partial charge in [-0.3, -0.25) is 0 Å². The number of aromatic nitrogens is 3. The second kappa shape index (κ2) is 8.07. The zero-order chi connectivity index (χ0) is 20.3. The van der Waals surface area contributed by atoms with Crippen molar-refractivity contribution in [2.24, 2.45) is 0 Å². The molecule has 2 aromatic rings. The Morgan fingerprint density at radius 3 is 2.71 bits per heavy atom. The Hall–Kier alpha value is -3.43. The van der Waals surface area contributed by atoms with Crippen LogP contribution in [0.1, 0.15) is 31.1 Å². The van der Waals surface area contributed by atoms with E-state index in [4.69, 9.17) is 9.47 Å². The molecule has 28 heavy (non-hydrogen) atoms. The Morgan fingerprint density at radius 2 is 2.00 bits per heavy atom. The van der Waals surface area contributed by atoms with Gasteiger partial charge in [0.2, 0.25) is 0 Å². The first-order valence-electron chi connectivity index (χ1n) is 8.92. The molecule has 0 aliphatic carbocycles. The molecular formula is C18H21N5O5. The molecule has 2 heterocycles. The van der Waals surface area contributed by atoms with Gasteiger partial charge >= 0.3 is 18.0 Å². The van der Waals surface area contributed by atoms with Crippen molar-refractivity contribution >= 4 is 29.0 Å². The molecule has 0 saturated heterocycles. The summed E-state index contributed by atoms with van der Waals surface area (Å²) < 4.78 is 12.0. The number of nitrogens with zero attached hydrogens (tertiary/aromatic N) is 3. The van der Waals surface area contributed by atoms with Crippen LogP contribution >= 0.6 is 0 Å². The molecule has 10 nitrogen and oxygen atoms in total. The predicted molar refractivity (Wildman–Crippen MR) is 98.3 cm³/mol.